The van der Waals surface area contributed by atoms with Gasteiger partial charge in [0.1, 0.15) is 5.76 Å². The second-order valence-corrected chi connectivity index (χ2v) is 6.47. The Balaban J connectivity index is 1.47. The zero-order chi connectivity index (χ0) is 18.0. The lowest BCUT2D eigenvalue weighted by molar-refractivity contribution is -0.140. The number of carbonyl (C=O) groups excluding carboxylic acids is 4. The van der Waals surface area contributed by atoms with E-state index in [4.69, 9.17) is 4.42 Å². The van der Waals surface area contributed by atoms with E-state index in [9.17, 15) is 19.2 Å². The van der Waals surface area contributed by atoms with Crippen LogP contribution in [0.4, 0.5) is 0 Å². The summed E-state index contributed by atoms with van der Waals surface area (Å²) in [5, 5.41) is 0. The van der Waals surface area contributed by atoms with Crippen molar-refractivity contribution in [2.75, 3.05) is 6.54 Å². The lowest BCUT2D eigenvalue weighted by atomic mass is 9.81. The first-order chi connectivity index (χ1) is 12.0. The van der Waals surface area contributed by atoms with E-state index in [-0.39, 0.29) is 36.6 Å². The van der Waals surface area contributed by atoms with Gasteiger partial charge < -0.3 is 4.42 Å². The van der Waals surface area contributed by atoms with Crippen molar-refractivity contribution in [1.82, 2.24) is 15.8 Å². The molecule has 0 radical (unpaired) electrons. The minimum absolute atomic E-state index is 0.0388. The van der Waals surface area contributed by atoms with Crippen molar-refractivity contribution in [2.24, 2.45) is 11.8 Å². The van der Waals surface area contributed by atoms with E-state index in [1.54, 1.807) is 6.92 Å². The summed E-state index contributed by atoms with van der Waals surface area (Å²) in [4.78, 5) is 49.6. The van der Waals surface area contributed by atoms with Crippen LogP contribution in [0.3, 0.4) is 0 Å². The normalized spacial score (nSPS) is 22.7. The van der Waals surface area contributed by atoms with Crippen molar-refractivity contribution in [2.45, 2.75) is 39.0 Å². The summed E-state index contributed by atoms with van der Waals surface area (Å²) in [5.41, 5.74) is 4.90. The number of hydrogen-bond donors (Lipinski definition) is 2. The number of amides is 4. The van der Waals surface area contributed by atoms with Gasteiger partial charge in [0.05, 0.1) is 23.7 Å². The van der Waals surface area contributed by atoms with Gasteiger partial charge >= 0.3 is 0 Å². The molecule has 0 bridgehead atoms. The van der Waals surface area contributed by atoms with Gasteiger partial charge in [0.15, 0.2) is 0 Å². The van der Waals surface area contributed by atoms with Crippen LogP contribution in [0.5, 0.6) is 0 Å². The lowest BCUT2D eigenvalue weighted by Gasteiger charge is -2.19. The number of hydrazine groups is 1. The highest BCUT2D eigenvalue weighted by atomic mass is 16.3. The van der Waals surface area contributed by atoms with Crippen LogP contribution in [-0.2, 0) is 14.4 Å². The van der Waals surface area contributed by atoms with Crippen LogP contribution in [0.1, 0.15) is 48.2 Å². The Morgan fingerprint density at radius 3 is 2.36 bits per heavy atom. The van der Waals surface area contributed by atoms with Gasteiger partial charge in [0.25, 0.3) is 5.91 Å². The summed E-state index contributed by atoms with van der Waals surface area (Å²) in [6.07, 6.45) is 4.76. The maximum Gasteiger partial charge on any atom is 0.273 e. The van der Waals surface area contributed by atoms with Gasteiger partial charge in [-0.05, 0) is 25.8 Å². The zero-order valence-electron chi connectivity index (χ0n) is 14.0. The highest BCUT2D eigenvalue weighted by Gasteiger charge is 2.47. The number of hydrogen-bond acceptors (Lipinski definition) is 5. The summed E-state index contributed by atoms with van der Waals surface area (Å²) in [5.74, 6) is -1.27. The quantitative estimate of drug-likeness (QED) is 0.622. The standard InChI is InChI=1S/C17H21N3O5/c1-10-11(7-9-25-10)15(22)19-18-14(21)6-8-20-16(23)12-4-2-3-5-13(12)17(20)24/h7,9,12-13H,2-6,8H2,1H3,(H,18,21)(H,19,22)/t12-,13+. The van der Waals surface area contributed by atoms with Crippen LogP contribution in [-0.4, -0.2) is 35.1 Å². The van der Waals surface area contributed by atoms with Crippen molar-refractivity contribution in [1.29, 1.82) is 0 Å². The van der Waals surface area contributed by atoms with E-state index in [0.29, 0.717) is 11.3 Å². The first kappa shape index (κ1) is 17.2. The largest absolute Gasteiger partial charge is 0.469 e. The van der Waals surface area contributed by atoms with E-state index in [1.165, 1.54) is 17.2 Å². The van der Waals surface area contributed by atoms with Crippen molar-refractivity contribution >= 4 is 23.6 Å². The molecule has 134 valence electrons. The van der Waals surface area contributed by atoms with E-state index in [2.05, 4.69) is 10.9 Å². The average molecular weight is 347 g/mol. The van der Waals surface area contributed by atoms with Gasteiger partial charge in [0, 0.05) is 13.0 Å². The number of imide groups is 1. The van der Waals surface area contributed by atoms with Crippen LogP contribution in [0.2, 0.25) is 0 Å². The van der Waals surface area contributed by atoms with Gasteiger partial charge in [-0.3, -0.25) is 34.9 Å². The minimum atomic E-state index is -0.487. The number of furan rings is 1. The summed E-state index contributed by atoms with van der Waals surface area (Å²) in [6, 6.07) is 1.50. The molecule has 3 rings (SSSR count). The molecule has 1 aliphatic carbocycles. The first-order valence-electron chi connectivity index (χ1n) is 8.47. The summed E-state index contributed by atoms with van der Waals surface area (Å²) >= 11 is 0. The molecular weight excluding hydrogens is 326 g/mol. The summed E-state index contributed by atoms with van der Waals surface area (Å²) < 4.78 is 5.02. The molecule has 2 N–H and O–H groups in total. The molecule has 0 unspecified atom stereocenters. The molecule has 1 saturated carbocycles. The molecule has 8 nitrogen and oxygen atoms in total. The second kappa shape index (κ2) is 7.08. The third-order valence-corrected chi connectivity index (χ3v) is 4.91. The Morgan fingerprint density at radius 2 is 1.80 bits per heavy atom. The van der Waals surface area contributed by atoms with Crippen LogP contribution in [0.15, 0.2) is 16.7 Å². The second-order valence-electron chi connectivity index (χ2n) is 6.47. The fourth-order valence-electron chi connectivity index (χ4n) is 3.54. The topological polar surface area (TPSA) is 109 Å². The highest BCUT2D eigenvalue weighted by Crippen LogP contribution is 2.37. The molecule has 25 heavy (non-hydrogen) atoms. The van der Waals surface area contributed by atoms with Gasteiger partial charge in [-0.2, -0.15) is 0 Å². The van der Waals surface area contributed by atoms with E-state index in [0.717, 1.165) is 25.7 Å². The van der Waals surface area contributed by atoms with E-state index in [1.807, 2.05) is 0 Å². The maximum absolute atomic E-state index is 12.3. The molecule has 2 fully saturated rings. The molecule has 0 aromatic carbocycles. The lowest BCUT2D eigenvalue weighted by Crippen LogP contribution is -2.43. The SMILES string of the molecule is Cc1occc1C(=O)NNC(=O)CCN1C(=O)[C@H]2CCCC[C@H]2C1=O. The van der Waals surface area contributed by atoms with Crippen molar-refractivity contribution < 1.29 is 23.6 Å². The summed E-state index contributed by atoms with van der Waals surface area (Å²) in [6.45, 7) is 1.68. The molecule has 1 saturated heterocycles. The van der Waals surface area contributed by atoms with Crippen LogP contribution >= 0.6 is 0 Å². The number of nitrogens with one attached hydrogen (secondary N) is 2. The van der Waals surface area contributed by atoms with E-state index < -0.39 is 11.8 Å². The van der Waals surface area contributed by atoms with Gasteiger partial charge in [-0.1, -0.05) is 12.8 Å². The third kappa shape index (κ3) is 3.42. The molecule has 2 aliphatic rings. The number of carbonyl (C=O) groups is 4. The maximum atomic E-state index is 12.3. The third-order valence-electron chi connectivity index (χ3n) is 4.91. The molecule has 4 amide bonds. The molecular formula is C17H21N3O5. The van der Waals surface area contributed by atoms with Gasteiger partial charge in [-0.25, -0.2) is 0 Å². The predicted octanol–water partition coefficient (Wildman–Crippen LogP) is 0.914. The Kier molecular flexibility index (Phi) is 4.87. The fraction of sp³-hybridized carbons (Fsp3) is 0.529. The molecule has 1 aliphatic heterocycles. The number of likely N-dealkylation sites (tertiary alicyclic amines) is 1. The fourth-order valence-corrected chi connectivity index (χ4v) is 3.54. The van der Waals surface area contributed by atoms with Gasteiger partial charge in [-0.15, -0.1) is 0 Å². The number of fused-ring (bicyclic) bond motifs is 1. The molecule has 0 spiro atoms. The van der Waals surface area contributed by atoms with Crippen molar-refractivity contribution in [3.63, 3.8) is 0 Å². The Bertz CT molecular complexity index is 687. The van der Waals surface area contributed by atoms with Gasteiger partial charge in [0.2, 0.25) is 17.7 Å². The summed E-state index contributed by atoms with van der Waals surface area (Å²) in [7, 11) is 0. The average Bonchev–Trinajstić information content (AvgIpc) is 3.14. The van der Waals surface area contributed by atoms with Crippen molar-refractivity contribution in [3.05, 3.63) is 23.7 Å². The molecule has 1 aromatic rings. The van der Waals surface area contributed by atoms with Crippen molar-refractivity contribution in [3.8, 4) is 0 Å². The smallest absolute Gasteiger partial charge is 0.273 e. The number of aryl methyl sites for hydroxylation is 1. The number of nitrogens with zero attached hydrogens (tertiary/aromatic N) is 1. The highest BCUT2D eigenvalue weighted by molar-refractivity contribution is 6.05. The predicted molar refractivity (Wildman–Crippen MR) is 85.8 cm³/mol. The number of rotatable bonds is 4. The Hall–Kier alpha value is -2.64. The van der Waals surface area contributed by atoms with Crippen LogP contribution in [0, 0.1) is 18.8 Å². The molecule has 2 heterocycles. The van der Waals surface area contributed by atoms with E-state index >= 15 is 0 Å². The van der Waals surface area contributed by atoms with Crippen LogP contribution in [0.25, 0.3) is 0 Å². The Morgan fingerprint density at radius 1 is 1.16 bits per heavy atom. The molecule has 8 heteroatoms. The van der Waals surface area contributed by atoms with Crippen LogP contribution < -0.4 is 10.9 Å². The molecule has 2 atom stereocenters. The Labute approximate surface area is 144 Å². The first-order valence-corrected chi connectivity index (χ1v) is 8.47. The zero-order valence-corrected chi connectivity index (χ0v) is 14.0. The monoisotopic (exact) mass is 347 g/mol. The minimum Gasteiger partial charge on any atom is -0.469 e. The molecule has 1 aromatic heterocycles.